The third-order valence-corrected chi connectivity index (χ3v) is 6.86. The lowest BCUT2D eigenvalue weighted by molar-refractivity contribution is -0.490. The molecule has 0 radical (unpaired) electrons. The van der Waals surface area contributed by atoms with E-state index in [1.807, 2.05) is 42.5 Å². The van der Waals surface area contributed by atoms with Crippen molar-refractivity contribution in [1.82, 2.24) is 0 Å². The molecule has 3 aromatic rings. The molecular formula is C29H36B2N2O10. The molecule has 2 aliphatic heterocycles. The molecule has 5 N–H and O–H groups in total. The minimum atomic E-state index is -1.21. The zero-order valence-electron chi connectivity index (χ0n) is 23.7. The largest absolute Gasteiger partial charge is 0.496 e. The molecule has 14 heteroatoms. The number of aliphatic hydroxyl groups excluding tert-OH is 1. The van der Waals surface area contributed by atoms with Crippen LogP contribution in [0.25, 0.3) is 0 Å². The third-order valence-electron chi connectivity index (χ3n) is 6.86. The average Bonchev–Trinajstić information content (AvgIpc) is 3.51. The molecule has 2 atom stereocenters. The zero-order valence-corrected chi connectivity index (χ0v) is 23.7. The summed E-state index contributed by atoms with van der Waals surface area (Å²) in [4.78, 5) is 10.3. The maximum absolute atomic E-state index is 10.7. The number of ether oxygens (including phenoxy) is 3. The van der Waals surface area contributed by atoms with Gasteiger partial charge in [-0.05, 0) is 28.8 Å². The Morgan fingerprint density at radius 1 is 0.814 bits per heavy atom. The van der Waals surface area contributed by atoms with Crippen molar-refractivity contribution >= 4 is 25.2 Å². The van der Waals surface area contributed by atoms with Crippen LogP contribution in [0, 0.1) is 10.1 Å². The first kappa shape index (κ1) is 32.4. The molecule has 228 valence electrons. The Bertz CT molecular complexity index is 1320. The Morgan fingerprint density at radius 2 is 1.40 bits per heavy atom. The van der Waals surface area contributed by atoms with Crippen LogP contribution in [-0.4, -0.2) is 73.8 Å². The molecule has 0 aliphatic carbocycles. The summed E-state index contributed by atoms with van der Waals surface area (Å²) >= 11 is 0. The number of fused-ring (bicyclic) bond motifs is 2. The van der Waals surface area contributed by atoms with Gasteiger partial charge in [0, 0.05) is 41.8 Å². The van der Waals surface area contributed by atoms with E-state index in [0.717, 1.165) is 11.1 Å². The first-order valence-electron chi connectivity index (χ1n) is 14.2. The highest BCUT2D eigenvalue weighted by Gasteiger charge is 2.40. The molecule has 2 aliphatic rings. The lowest BCUT2D eigenvalue weighted by atomic mass is 9.78. The van der Waals surface area contributed by atoms with Crippen LogP contribution in [0.15, 0.2) is 66.7 Å². The number of hydrogen-bond donors (Lipinski definition) is 4. The standard InChI is InChI=1S/C18H20BNO6.C11H16BNO4/c21-19-18-15(17(26-19)12-20(22)23)8-4-9-16(18)25-11-5-10-24-13-14-6-2-1-3-7-14;13-7-10-8-3-1-4-9(16-6-2-5-14)11(8)12(15)17-10/h1-4,6-9,17,21H,5,10-13H2;1,3-4,10,14-15H,2,5-7,13H2/t17-;10-/m11/s1. The van der Waals surface area contributed by atoms with Crippen molar-refractivity contribution < 1.29 is 43.6 Å². The van der Waals surface area contributed by atoms with E-state index < -0.39 is 25.3 Å². The van der Waals surface area contributed by atoms with E-state index >= 15 is 0 Å². The van der Waals surface area contributed by atoms with Gasteiger partial charge < -0.3 is 44.4 Å². The van der Waals surface area contributed by atoms with E-state index in [0.29, 0.717) is 73.8 Å². The van der Waals surface area contributed by atoms with Crippen molar-refractivity contribution in [3.63, 3.8) is 0 Å². The van der Waals surface area contributed by atoms with Gasteiger partial charge in [0.1, 0.15) is 17.6 Å². The Labute approximate surface area is 250 Å². The number of rotatable bonds is 14. The van der Waals surface area contributed by atoms with Gasteiger partial charge in [0.15, 0.2) is 0 Å². The summed E-state index contributed by atoms with van der Waals surface area (Å²) in [6.07, 6.45) is 0.210. The van der Waals surface area contributed by atoms with Crippen molar-refractivity contribution in [2.24, 2.45) is 5.73 Å². The second-order valence-electron chi connectivity index (χ2n) is 9.89. The summed E-state index contributed by atoms with van der Waals surface area (Å²) in [6, 6.07) is 20.6. The lowest BCUT2D eigenvalue weighted by Crippen LogP contribution is -2.30. The molecule has 3 aromatic carbocycles. The van der Waals surface area contributed by atoms with Crippen LogP contribution in [0.2, 0.25) is 0 Å². The first-order chi connectivity index (χ1) is 20.9. The highest BCUT2D eigenvalue weighted by atomic mass is 16.6. The normalized spacial score (nSPS) is 16.7. The fourth-order valence-electron chi connectivity index (χ4n) is 4.87. The summed E-state index contributed by atoms with van der Waals surface area (Å²) in [5.41, 5.74) is 9.30. The van der Waals surface area contributed by atoms with Gasteiger partial charge in [-0.1, -0.05) is 54.6 Å². The van der Waals surface area contributed by atoms with Gasteiger partial charge >= 0.3 is 14.2 Å². The van der Waals surface area contributed by atoms with Gasteiger partial charge in [0.25, 0.3) is 0 Å². The van der Waals surface area contributed by atoms with Gasteiger partial charge in [-0.2, -0.15) is 0 Å². The van der Waals surface area contributed by atoms with Crippen LogP contribution < -0.4 is 26.1 Å². The molecule has 0 bridgehead atoms. The molecule has 0 unspecified atom stereocenters. The summed E-state index contributed by atoms with van der Waals surface area (Å²) in [5, 5.41) is 39.3. The second-order valence-corrected chi connectivity index (χ2v) is 9.89. The van der Waals surface area contributed by atoms with Gasteiger partial charge in [0.2, 0.25) is 6.54 Å². The summed E-state index contributed by atoms with van der Waals surface area (Å²) in [6.45, 7) is 1.94. The predicted octanol–water partition coefficient (Wildman–Crippen LogP) is 0.873. The highest BCUT2D eigenvalue weighted by Crippen LogP contribution is 2.28. The second kappa shape index (κ2) is 16.4. The van der Waals surface area contributed by atoms with E-state index in [4.69, 9.17) is 34.4 Å². The van der Waals surface area contributed by atoms with E-state index in [1.165, 1.54) is 0 Å². The number of nitro groups is 1. The third kappa shape index (κ3) is 8.77. The SMILES string of the molecule is NC[C@H]1OB(O)c2c(OCCCO)cccc21.O=[N+]([O-])C[C@H]1OB(O)c2c(OCCCOCc3ccccc3)cccc21. The number of nitrogens with zero attached hydrogens (tertiary/aromatic N) is 1. The molecule has 0 saturated carbocycles. The van der Waals surface area contributed by atoms with Gasteiger partial charge in [-0.15, -0.1) is 0 Å². The van der Waals surface area contributed by atoms with Crippen molar-refractivity contribution in [2.75, 3.05) is 39.5 Å². The Kier molecular flexibility index (Phi) is 12.4. The molecule has 0 fully saturated rings. The Hall–Kier alpha value is -3.49. The van der Waals surface area contributed by atoms with Gasteiger partial charge in [-0.3, -0.25) is 10.1 Å². The maximum Gasteiger partial charge on any atom is 0.496 e. The molecule has 5 rings (SSSR count). The fourth-order valence-corrected chi connectivity index (χ4v) is 4.87. The minimum Gasteiger partial charge on any atom is -0.494 e. The quantitative estimate of drug-likeness (QED) is 0.0902. The van der Waals surface area contributed by atoms with Gasteiger partial charge in [0.05, 0.1) is 32.5 Å². The van der Waals surface area contributed by atoms with Crippen LogP contribution in [-0.2, 0) is 20.7 Å². The number of aliphatic hydroxyl groups is 1. The lowest BCUT2D eigenvalue weighted by Gasteiger charge is -2.11. The molecule has 0 amide bonds. The van der Waals surface area contributed by atoms with Crippen molar-refractivity contribution in [3.8, 4) is 11.5 Å². The molecule has 43 heavy (non-hydrogen) atoms. The number of hydrogen-bond acceptors (Lipinski definition) is 11. The predicted molar refractivity (Wildman–Crippen MR) is 160 cm³/mol. The summed E-state index contributed by atoms with van der Waals surface area (Å²) < 4.78 is 27.5. The number of benzene rings is 3. The molecule has 0 saturated heterocycles. The average molecular weight is 594 g/mol. The summed E-state index contributed by atoms with van der Waals surface area (Å²) in [7, 11) is -2.19. The van der Waals surface area contributed by atoms with Crippen LogP contribution >= 0.6 is 0 Å². The van der Waals surface area contributed by atoms with E-state index in [9.17, 15) is 20.2 Å². The number of nitrogens with two attached hydrogens (primary N) is 1. The van der Waals surface area contributed by atoms with Crippen LogP contribution in [0.3, 0.4) is 0 Å². The molecular weight excluding hydrogens is 558 g/mol. The topological polar surface area (TPSA) is 176 Å². The van der Waals surface area contributed by atoms with Gasteiger partial charge in [-0.25, -0.2) is 0 Å². The van der Waals surface area contributed by atoms with E-state index in [2.05, 4.69) is 0 Å². The maximum atomic E-state index is 10.7. The summed E-state index contributed by atoms with van der Waals surface area (Å²) in [5.74, 6) is 1.09. The van der Waals surface area contributed by atoms with E-state index in [1.54, 1.807) is 24.3 Å². The molecule has 2 heterocycles. The van der Waals surface area contributed by atoms with E-state index in [-0.39, 0.29) is 19.3 Å². The van der Waals surface area contributed by atoms with Crippen molar-refractivity contribution in [2.45, 2.75) is 31.7 Å². The Morgan fingerprint density at radius 3 is 1.98 bits per heavy atom. The monoisotopic (exact) mass is 594 g/mol. The van der Waals surface area contributed by atoms with Crippen LogP contribution in [0.4, 0.5) is 0 Å². The highest BCUT2D eigenvalue weighted by molar-refractivity contribution is 6.63. The van der Waals surface area contributed by atoms with Crippen molar-refractivity contribution in [1.29, 1.82) is 0 Å². The molecule has 12 nitrogen and oxygen atoms in total. The molecule has 0 aromatic heterocycles. The van der Waals surface area contributed by atoms with Crippen LogP contribution in [0.5, 0.6) is 11.5 Å². The minimum absolute atomic E-state index is 0.0828. The smallest absolute Gasteiger partial charge is 0.494 e. The van der Waals surface area contributed by atoms with Crippen LogP contribution in [0.1, 0.15) is 41.7 Å². The zero-order chi connectivity index (χ0) is 30.6. The fraction of sp³-hybridized carbons (Fsp3) is 0.379. The Balaban J connectivity index is 0.000000215. The molecule has 0 spiro atoms. The first-order valence-corrected chi connectivity index (χ1v) is 14.2. The van der Waals surface area contributed by atoms with Crippen molar-refractivity contribution in [3.05, 3.63) is 93.5 Å².